The Morgan fingerprint density at radius 2 is 2.38 bits per heavy atom. The number of hydroxylamine groups is 1. The van der Waals surface area contributed by atoms with Gasteiger partial charge < -0.3 is 0 Å². The molecule has 0 saturated heterocycles. The highest BCUT2D eigenvalue weighted by Crippen LogP contribution is 1.74. The van der Waals surface area contributed by atoms with Gasteiger partial charge in [-0.25, -0.2) is 4.21 Å². The van der Waals surface area contributed by atoms with Crippen LogP contribution in [-0.2, 0) is 11.3 Å². The molecule has 0 aromatic carbocycles. The summed E-state index contributed by atoms with van der Waals surface area (Å²) < 4.78 is 20.7. The first-order valence-electron chi connectivity index (χ1n) is 1.73. The SMILES string of the molecule is CC(=NS(=O)O)NO. The minimum atomic E-state index is -2.23. The summed E-state index contributed by atoms with van der Waals surface area (Å²) in [4.78, 5) is 0. The molecular formula is C2H6N2O3S. The van der Waals surface area contributed by atoms with Crippen molar-refractivity contribution in [3.8, 4) is 0 Å². The molecule has 0 aliphatic heterocycles. The number of amidine groups is 1. The van der Waals surface area contributed by atoms with Gasteiger partial charge in [-0.3, -0.25) is 15.2 Å². The lowest BCUT2D eigenvalue weighted by molar-refractivity contribution is 0.234. The zero-order valence-corrected chi connectivity index (χ0v) is 4.97. The third-order valence-electron chi connectivity index (χ3n) is 0.377. The summed E-state index contributed by atoms with van der Waals surface area (Å²) in [5, 5.41) is 7.96. The van der Waals surface area contributed by atoms with Gasteiger partial charge in [0.2, 0.25) is 0 Å². The van der Waals surface area contributed by atoms with Crippen molar-refractivity contribution >= 4 is 17.1 Å². The van der Waals surface area contributed by atoms with Crippen LogP contribution in [0.15, 0.2) is 4.40 Å². The van der Waals surface area contributed by atoms with Crippen molar-refractivity contribution < 1.29 is 14.0 Å². The first-order valence-corrected chi connectivity index (χ1v) is 2.79. The van der Waals surface area contributed by atoms with E-state index in [1.54, 1.807) is 5.48 Å². The quantitative estimate of drug-likeness (QED) is 0.198. The summed E-state index contributed by atoms with van der Waals surface area (Å²) in [5.74, 6) is 0.00540. The van der Waals surface area contributed by atoms with Gasteiger partial charge in [0.05, 0.1) is 0 Å². The first-order chi connectivity index (χ1) is 3.66. The molecule has 0 bridgehead atoms. The smallest absolute Gasteiger partial charge is 0.283 e. The van der Waals surface area contributed by atoms with Crippen LogP contribution in [0.25, 0.3) is 0 Å². The fourth-order valence-electron chi connectivity index (χ4n) is 0.138. The molecule has 0 amide bonds. The molecule has 0 saturated carbocycles. The zero-order chi connectivity index (χ0) is 6.57. The third-order valence-corrected chi connectivity index (χ3v) is 0.807. The van der Waals surface area contributed by atoms with Gasteiger partial charge in [0.25, 0.3) is 11.3 Å². The lowest BCUT2D eigenvalue weighted by Gasteiger charge is -1.90. The van der Waals surface area contributed by atoms with Crippen molar-refractivity contribution in [1.29, 1.82) is 0 Å². The van der Waals surface area contributed by atoms with Crippen LogP contribution in [0.1, 0.15) is 6.92 Å². The molecule has 0 heterocycles. The van der Waals surface area contributed by atoms with Crippen LogP contribution in [0.5, 0.6) is 0 Å². The number of hydrogen-bond donors (Lipinski definition) is 3. The average molecular weight is 138 g/mol. The monoisotopic (exact) mass is 138 g/mol. The van der Waals surface area contributed by atoms with Gasteiger partial charge in [-0.2, -0.15) is 0 Å². The fourth-order valence-corrected chi connectivity index (χ4v) is 0.413. The normalized spacial score (nSPS) is 15.6. The Hall–Kier alpha value is -0.460. The summed E-state index contributed by atoms with van der Waals surface area (Å²) >= 11 is -2.23. The predicted octanol–water partition coefficient (Wildman–Crippen LogP) is -0.480. The Morgan fingerprint density at radius 3 is 2.50 bits per heavy atom. The van der Waals surface area contributed by atoms with Crippen LogP contribution >= 0.6 is 0 Å². The molecule has 0 rings (SSSR count). The van der Waals surface area contributed by atoms with Crippen molar-refractivity contribution in [2.45, 2.75) is 6.92 Å². The van der Waals surface area contributed by atoms with E-state index < -0.39 is 11.3 Å². The Kier molecular flexibility index (Phi) is 3.33. The van der Waals surface area contributed by atoms with E-state index in [4.69, 9.17) is 9.76 Å². The van der Waals surface area contributed by atoms with E-state index in [1.807, 2.05) is 0 Å². The lowest BCUT2D eigenvalue weighted by atomic mass is 10.7. The molecule has 1 atom stereocenters. The maximum atomic E-state index is 9.74. The van der Waals surface area contributed by atoms with Gasteiger partial charge in [-0.15, -0.1) is 4.40 Å². The molecule has 5 nitrogen and oxygen atoms in total. The maximum absolute atomic E-state index is 9.74. The zero-order valence-electron chi connectivity index (χ0n) is 4.16. The number of nitrogens with one attached hydrogen (secondary N) is 1. The van der Waals surface area contributed by atoms with Crippen LogP contribution in [0.4, 0.5) is 0 Å². The minimum absolute atomic E-state index is 0.00540. The van der Waals surface area contributed by atoms with Crippen molar-refractivity contribution in [3.63, 3.8) is 0 Å². The molecule has 3 N–H and O–H groups in total. The largest absolute Gasteiger partial charge is 0.290 e. The van der Waals surface area contributed by atoms with E-state index in [2.05, 4.69) is 4.40 Å². The van der Waals surface area contributed by atoms with Gasteiger partial charge >= 0.3 is 0 Å². The van der Waals surface area contributed by atoms with Crippen LogP contribution in [0.2, 0.25) is 0 Å². The van der Waals surface area contributed by atoms with Gasteiger partial charge in [0.15, 0.2) is 0 Å². The van der Waals surface area contributed by atoms with Crippen LogP contribution in [0.3, 0.4) is 0 Å². The topological polar surface area (TPSA) is 81.9 Å². The predicted molar refractivity (Wildman–Crippen MR) is 28.8 cm³/mol. The Bertz CT molecular complexity index is 122. The molecule has 0 spiro atoms. The van der Waals surface area contributed by atoms with Crippen molar-refractivity contribution in [2.75, 3.05) is 0 Å². The molecule has 48 valence electrons. The summed E-state index contributed by atoms with van der Waals surface area (Å²) in [7, 11) is 0. The third kappa shape index (κ3) is 3.72. The molecule has 0 aliphatic rings. The standard InChI is InChI=1S/C2H6N2O3S/c1-2(3-5)4-8(6)7/h5H,1H3,(H,3,4)(H,6,7). The highest BCUT2D eigenvalue weighted by Gasteiger charge is 1.86. The number of hydrogen-bond acceptors (Lipinski definition) is 2. The van der Waals surface area contributed by atoms with E-state index in [9.17, 15) is 4.21 Å². The second-order valence-electron chi connectivity index (χ2n) is 1.02. The molecule has 1 unspecified atom stereocenters. The summed E-state index contributed by atoms with van der Waals surface area (Å²) in [6, 6.07) is 0. The van der Waals surface area contributed by atoms with Crippen LogP contribution in [0, 0.1) is 0 Å². The molecule has 0 aromatic rings. The van der Waals surface area contributed by atoms with Gasteiger partial charge in [-0.1, -0.05) is 0 Å². The molecule has 0 aromatic heterocycles. The summed E-state index contributed by atoms with van der Waals surface area (Å²) in [6.07, 6.45) is 0. The lowest BCUT2D eigenvalue weighted by Crippen LogP contribution is -2.15. The number of rotatable bonds is 1. The van der Waals surface area contributed by atoms with Crippen molar-refractivity contribution in [1.82, 2.24) is 5.48 Å². The molecule has 0 radical (unpaired) electrons. The van der Waals surface area contributed by atoms with E-state index in [-0.39, 0.29) is 5.84 Å². The number of nitrogens with zero attached hydrogens (tertiary/aromatic N) is 1. The molecule has 0 aliphatic carbocycles. The molecule has 6 heteroatoms. The molecule has 0 fully saturated rings. The summed E-state index contributed by atoms with van der Waals surface area (Å²) in [5.41, 5.74) is 1.59. The van der Waals surface area contributed by atoms with Crippen molar-refractivity contribution in [3.05, 3.63) is 0 Å². The fraction of sp³-hybridized carbons (Fsp3) is 0.500. The minimum Gasteiger partial charge on any atom is -0.290 e. The maximum Gasteiger partial charge on any atom is 0.283 e. The second-order valence-corrected chi connectivity index (χ2v) is 1.66. The highest BCUT2D eigenvalue weighted by molar-refractivity contribution is 7.78. The average Bonchev–Trinajstić information content (AvgIpc) is 1.65. The van der Waals surface area contributed by atoms with Crippen LogP contribution < -0.4 is 5.48 Å². The van der Waals surface area contributed by atoms with E-state index in [0.717, 1.165) is 0 Å². The van der Waals surface area contributed by atoms with Crippen molar-refractivity contribution in [2.24, 2.45) is 4.40 Å². The van der Waals surface area contributed by atoms with E-state index in [0.29, 0.717) is 0 Å². The Balaban J connectivity index is 3.75. The van der Waals surface area contributed by atoms with Crippen LogP contribution in [-0.4, -0.2) is 19.8 Å². The Morgan fingerprint density at radius 1 is 1.88 bits per heavy atom. The highest BCUT2D eigenvalue weighted by atomic mass is 32.2. The summed E-state index contributed by atoms with van der Waals surface area (Å²) in [6.45, 7) is 1.36. The van der Waals surface area contributed by atoms with E-state index in [1.165, 1.54) is 6.92 Å². The molecule has 8 heavy (non-hydrogen) atoms. The van der Waals surface area contributed by atoms with Gasteiger partial charge in [-0.05, 0) is 6.92 Å². The molecular weight excluding hydrogens is 132 g/mol. The van der Waals surface area contributed by atoms with Gasteiger partial charge in [0.1, 0.15) is 5.84 Å². The first kappa shape index (κ1) is 7.54. The van der Waals surface area contributed by atoms with E-state index >= 15 is 0 Å². The van der Waals surface area contributed by atoms with Gasteiger partial charge in [0, 0.05) is 0 Å². The second kappa shape index (κ2) is 3.53. The Labute approximate surface area is 48.8 Å².